The molecular formula is C14H15BrFNOS. The van der Waals surface area contributed by atoms with Gasteiger partial charge in [-0.3, -0.25) is 0 Å². The Balaban J connectivity index is 2.55. The molecule has 0 aliphatic heterocycles. The molecule has 1 heterocycles. The van der Waals surface area contributed by atoms with Gasteiger partial charge in [0.1, 0.15) is 11.6 Å². The van der Waals surface area contributed by atoms with E-state index in [0.29, 0.717) is 10.2 Å². The third-order valence-corrected chi connectivity index (χ3v) is 4.57. The van der Waals surface area contributed by atoms with Crippen molar-refractivity contribution in [3.63, 3.8) is 0 Å². The monoisotopic (exact) mass is 343 g/mol. The lowest BCUT2D eigenvalue weighted by Gasteiger charge is -2.20. The smallest absolute Gasteiger partial charge is 0.141 e. The van der Waals surface area contributed by atoms with Crippen LogP contribution in [0.25, 0.3) is 0 Å². The summed E-state index contributed by atoms with van der Waals surface area (Å²) in [7, 11) is 3.44. The molecule has 0 bridgehead atoms. The number of nitrogens with one attached hydrogen (secondary N) is 1. The van der Waals surface area contributed by atoms with Crippen LogP contribution in [0.1, 0.15) is 22.7 Å². The summed E-state index contributed by atoms with van der Waals surface area (Å²) in [4.78, 5) is 0. The van der Waals surface area contributed by atoms with Crippen LogP contribution in [-0.4, -0.2) is 14.2 Å². The first-order chi connectivity index (χ1) is 9.08. The maximum Gasteiger partial charge on any atom is 0.141 e. The Morgan fingerprint density at radius 3 is 2.58 bits per heavy atom. The topological polar surface area (TPSA) is 21.3 Å². The second-order valence-electron chi connectivity index (χ2n) is 4.24. The lowest BCUT2D eigenvalue weighted by atomic mass is 9.97. The van der Waals surface area contributed by atoms with E-state index in [2.05, 4.69) is 38.9 Å². The van der Waals surface area contributed by atoms with Gasteiger partial charge >= 0.3 is 0 Å². The summed E-state index contributed by atoms with van der Waals surface area (Å²) < 4.78 is 19.3. The second-order valence-corrected chi connectivity index (χ2v) is 5.84. The molecule has 5 heteroatoms. The number of hydrogen-bond donors (Lipinski definition) is 1. The Labute approximate surface area is 124 Å². The maximum atomic E-state index is 13.6. The number of rotatable bonds is 4. The lowest BCUT2D eigenvalue weighted by molar-refractivity contribution is 0.401. The number of hydrogen-bond acceptors (Lipinski definition) is 3. The van der Waals surface area contributed by atoms with Crippen LogP contribution in [0.5, 0.6) is 5.75 Å². The standard InChI is InChI=1S/C14H15BrFNOS/c1-8-6-19-7-10(8)14(17-2)9-4-11(15)12(16)5-13(9)18-3/h4-7,14,17H,1-3H3. The maximum absolute atomic E-state index is 13.6. The molecule has 102 valence electrons. The molecule has 0 saturated heterocycles. The quantitative estimate of drug-likeness (QED) is 0.894. The predicted octanol–water partition coefficient (Wildman–Crippen LogP) is 4.28. The van der Waals surface area contributed by atoms with E-state index in [9.17, 15) is 4.39 Å². The van der Waals surface area contributed by atoms with E-state index in [-0.39, 0.29) is 11.9 Å². The Kier molecular flexibility index (Phi) is 4.60. The van der Waals surface area contributed by atoms with Crippen LogP contribution in [0.2, 0.25) is 0 Å². The van der Waals surface area contributed by atoms with Gasteiger partial charge in [0.2, 0.25) is 0 Å². The molecule has 1 aromatic carbocycles. The Morgan fingerprint density at radius 1 is 1.32 bits per heavy atom. The van der Waals surface area contributed by atoms with Crippen LogP contribution in [0, 0.1) is 12.7 Å². The molecule has 2 rings (SSSR count). The average molecular weight is 344 g/mol. The number of ether oxygens (including phenoxy) is 1. The molecule has 0 spiro atoms. The summed E-state index contributed by atoms with van der Waals surface area (Å²) >= 11 is 4.89. The highest BCUT2D eigenvalue weighted by molar-refractivity contribution is 9.10. The molecule has 19 heavy (non-hydrogen) atoms. The fraction of sp³-hybridized carbons (Fsp3) is 0.286. The Morgan fingerprint density at radius 2 is 2.05 bits per heavy atom. The van der Waals surface area contributed by atoms with Gasteiger partial charge < -0.3 is 10.1 Å². The Bertz CT molecular complexity index is 585. The minimum atomic E-state index is -0.322. The summed E-state index contributed by atoms with van der Waals surface area (Å²) in [6.07, 6.45) is 0. The van der Waals surface area contributed by atoms with Crippen molar-refractivity contribution >= 4 is 27.3 Å². The van der Waals surface area contributed by atoms with E-state index in [1.165, 1.54) is 17.2 Å². The minimum absolute atomic E-state index is 0.0156. The number of methoxy groups -OCH3 is 1. The van der Waals surface area contributed by atoms with E-state index in [4.69, 9.17) is 4.74 Å². The van der Waals surface area contributed by atoms with E-state index in [0.717, 1.165) is 5.56 Å². The van der Waals surface area contributed by atoms with Gasteiger partial charge in [0.05, 0.1) is 17.6 Å². The number of thiophene rings is 1. The van der Waals surface area contributed by atoms with E-state index in [1.54, 1.807) is 24.5 Å². The highest BCUT2D eigenvalue weighted by atomic mass is 79.9. The van der Waals surface area contributed by atoms with Gasteiger partial charge in [-0.1, -0.05) is 0 Å². The summed E-state index contributed by atoms with van der Waals surface area (Å²) in [5, 5.41) is 7.47. The number of aryl methyl sites for hydroxylation is 1. The predicted molar refractivity (Wildman–Crippen MR) is 80.6 cm³/mol. The van der Waals surface area contributed by atoms with Gasteiger partial charge in [0.25, 0.3) is 0 Å². The zero-order valence-electron chi connectivity index (χ0n) is 11.0. The first-order valence-electron chi connectivity index (χ1n) is 5.81. The molecule has 0 aliphatic carbocycles. The van der Waals surface area contributed by atoms with E-state index in [1.807, 2.05) is 7.05 Å². The lowest BCUT2D eigenvalue weighted by Crippen LogP contribution is -2.19. The second kappa shape index (κ2) is 6.03. The first kappa shape index (κ1) is 14.5. The molecule has 0 saturated carbocycles. The van der Waals surface area contributed by atoms with Crippen molar-refractivity contribution in [3.05, 3.63) is 49.9 Å². The summed E-state index contributed by atoms with van der Waals surface area (Å²) in [5.41, 5.74) is 3.32. The van der Waals surface area contributed by atoms with Crippen LogP contribution in [0.15, 0.2) is 27.4 Å². The van der Waals surface area contributed by atoms with Crippen LogP contribution in [0.3, 0.4) is 0 Å². The zero-order chi connectivity index (χ0) is 14.0. The van der Waals surface area contributed by atoms with Gasteiger partial charge in [-0.2, -0.15) is 11.3 Å². The third kappa shape index (κ3) is 2.83. The van der Waals surface area contributed by atoms with Crippen LogP contribution in [0.4, 0.5) is 4.39 Å². The molecule has 1 atom stereocenters. The van der Waals surface area contributed by atoms with Crippen molar-refractivity contribution in [2.24, 2.45) is 0 Å². The molecule has 0 fully saturated rings. The van der Waals surface area contributed by atoms with Gasteiger partial charge in [-0.25, -0.2) is 4.39 Å². The largest absolute Gasteiger partial charge is 0.496 e. The minimum Gasteiger partial charge on any atom is -0.496 e. The molecule has 2 nitrogen and oxygen atoms in total. The van der Waals surface area contributed by atoms with Crippen molar-refractivity contribution in [3.8, 4) is 5.75 Å². The highest BCUT2D eigenvalue weighted by Crippen LogP contribution is 2.35. The summed E-state index contributed by atoms with van der Waals surface area (Å²) in [5.74, 6) is 0.225. The Hall–Kier alpha value is -0.910. The van der Waals surface area contributed by atoms with E-state index >= 15 is 0 Å². The van der Waals surface area contributed by atoms with Crippen molar-refractivity contribution in [2.75, 3.05) is 14.2 Å². The molecule has 0 aliphatic rings. The van der Waals surface area contributed by atoms with Crippen LogP contribution < -0.4 is 10.1 Å². The van der Waals surface area contributed by atoms with Crippen molar-refractivity contribution in [2.45, 2.75) is 13.0 Å². The number of benzene rings is 1. The van der Waals surface area contributed by atoms with Crippen molar-refractivity contribution < 1.29 is 9.13 Å². The van der Waals surface area contributed by atoms with Crippen molar-refractivity contribution in [1.29, 1.82) is 0 Å². The van der Waals surface area contributed by atoms with Crippen molar-refractivity contribution in [1.82, 2.24) is 5.32 Å². The number of halogens is 2. The summed E-state index contributed by atoms with van der Waals surface area (Å²) in [6.45, 7) is 2.07. The fourth-order valence-electron chi connectivity index (χ4n) is 2.09. The van der Waals surface area contributed by atoms with Gasteiger partial charge in [0, 0.05) is 11.6 Å². The van der Waals surface area contributed by atoms with Gasteiger partial charge in [-0.15, -0.1) is 0 Å². The molecule has 1 unspecified atom stereocenters. The molecule has 0 radical (unpaired) electrons. The molecule has 0 amide bonds. The molecular weight excluding hydrogens is 329 g/mol. The van der Waals surface area contributed by atoms with E-state index < -0.39 is 0 Å². The molecule has 1 aromatic heterocycles. The average Bonchev–Trinajstić information content (AvgIpc) is 2.81. The SMILES string of the molecule is CNC(c1cscc1C)c1cc(Br)c(F)cc1OC. The van der Waals surface area contributed by atoms with Gasteiger partial charge in [0.15, 0.2) is 0 Å². The van der Waals surface area contributed by atoms with Crippen LogP contribution >= 0.6 is 27.3 Å². The normalized spacial score (nSPS) is 12.5. The highest BCUT2D eigenvalue weighted by Gasteiger charge is 2.20. The molecule has 1 N–H and O–H groups in total. The molecule has 2 aromatic rings. The third-order valence-electron chi connectivity index (χ3n) is 3.08. The first-order valence-corrected chi connectivity index (χ1v) is 7.55. The summed E-state index contributed by atoms with van der Waals surface area (Å²) in [6, 6.07) is 3.16. The fourth-order valence-corrected chi connectivity index (χ4v) is 3.33. The van der Waals surface area contributed by atoms with Gasteiger partial charge in [-0.05, 0) is 57.9 Å². The zero-order valence-corrected chi connectivity index (χ0v) is 13.4. The van der Waals surface area contributed by atoms with Crippen LogP contribution in [-0.2, 0) is 0 Å².